The lowest BCUT2D eigenvalue weighted by Crippen LogP contribution is -2.41. The van der Waals surface area contributed by atoms with Crippen molar-refractivity contribution in [2.24, 2.45) is 0 Å². The van der Waals surface area contributed by atoms with Gasteiger partial charge >= 0.3 is 0 Å². The monoisotopic (exact) mass is 287 g/mol. The molecule has 116 valence electrons. The van der Waals surface area contributed by atoms with Crippen molar-refractivity contribution in [2.45, 2.75) is 77.8 Å². The second-order valence-electron chi connectivity index (χ2n) is 6.61. The molecule has 2 nitrogen and oxygen atoms in total. The standard InChI is InChI=1S/C19H29NO/c1-14-11-12-18(15(2)13-14)19(21)16(3)20-17-9-7-5-4-6-8-10-17/h11-13,16-17,20H,4-10H2,1-3H3. The zero-order valence-electron chi connectivity index (χ0n) is 13.7. The van der Waals surface area contributed by atoms with Crippen LogP contribution in [0.4, 0.5) is 0 Å². The minimum atomic E-state index is -0.0872. The van der Waals surface area contributed by atoms with Crippen LogP contribution in [0.5, 0.6) is 0 Å². The van der Waals surface area contributed by atoms with Crippen LogP contribution in [0.15, 0.2) is 18.2 Å². The molecule has 1 aliphatic carbocycles. The van der Waals surface area contributed by atoms with Gasteiger partial charge in [0.2, 0.25) is 0 Å². The molecular weight excluding hydrogens is 258 g/mol. The van der Waals surface area contributed by atoms with Gasteiger partial charge in [0.25, 0.3) is 0 Å². The third-order valence-corrected chi connectivity index (χ3v) is 4.63. The topological polar surface area (TPSA) is 29.1 Å². The van der Waals surface area contributed by atoms with Gasteiger partial charge in [-0.25, -0.2) is 0 Å². The number of aryl methyl sites for hydroxylation is 2. The van der Waals surface area contributed by atoms with E-state index < -0.39 is 0 Å². The fourth-order valence-electron chi connectivity index (χ4n) is 3.38. The molecule has 1 aromatic rings. The molecule has 1 saturated carbocycles. The highest BCUT2D eigenvalue weighted by Gasteiger charge is 2.20. The molecule has 0 aliphatic heterocycles. The molecule has 0 radical (unpaired) electrons. The fraction of sp³-hybridized carbons (Fsp3) is 0.632. The van der Waals surface area contributed by atoms with Crippen molar-refractivity contribution < 1.29 is 4.79 Å². The molecule has 0 aromatic heterocycles. The van der Waals surface area contributed by atoms with Gasteiger partial charge in [-0.3, -0.25) is 4.79 Å². The third-order valence-electron chi connectivity index (χ3n) is 4.63. The molecule has 0 amide bonds. The zero-order valence-corrected chi connectivity index (χ0v) is 13.7. The first-order chi connectivity index (χ1) is 10.1. The van der Waals surface area contributed by atoms with Crippen LogP contribution in [0.25, 0.3) is 0 Å². The summed E-state index contributed by atoms with van der Waals surface area (Å²) < 4.78 is 0. The molecule has 1 aromatic carbocycles. The summed E-state index contributed by atoms with van der Waals surface area (Å²) in [5.74, 6) is 0.231. The minimum absolute atomic E-state index is 0.0872. The van der Waals surface area contributed by atoms with Crippen LogP contribution in [0.2, 0.25) is 0 Å². The molecule has 1 atom stereocenters. The first kappa shape index (κ1) is 16.2. The van der Waals surface area contributed by atoms with Crippen LogP contribution < -0.4 is 5.32 Å². The number of carbonyl (C=O) groups is 1. The molecule has 0 bridgehead atoms. The summed E-state index contributed by atoms with van der Waals surface area (Å²) in [6.07, 6.45) is 9.08. The van der Waals surface area contributed by atoms with Crippen LogP contribution in [0.1, 0.15) is 73.4 Å². The lowest BCUT2D eigenvalue weighted by atomic mass is 9.94. The second-order valence-corrected chi connectivity index (χ2v) is 6.61. The first-order valence-electron chi connectivity index (χ1n) is 8.45. The van der Waals surface area contributed by atoms with Gasteiger partial charge in [-0.1, -0.05) is 55.9 Å². The molecule has 1 aliphatic rings. The highest BCUT2D eigenvalue weighted by atomic mass is 16.1. The average Bonchev–Trinajstić information content (AvgIpc) is 2.41. The predicted octanol–water partition coefficient (Wildman–Crippen LogP) is 4.58. The maximum absolute atomic E-state index is 12.6. The Morgan fingerprint density at radius 1 is 1.10 bits per heavy atom. The number of carbonyl (C=O) groups excluding carboxylic acids is 1. The van der Waals surface area contributed by atoms with Gasteiger partial charge in [-0.15, -0.1) is 0 Å². The largest absolute Gasteiger partial charge is 0.305 e. The SMILES string of the molecule is Cc1ccc(C(=O)C(C)NC2CCCCCCC2)c(C)c1. The summed E-state index contributed by atoms with van der Waals surface area (Å²) in [4.78, 5) is 12.6. The van der Waals surface area contributed by atoms with Crippen LogP contribution >= 0.6 is 0 Å². The molecule has 0 heterocycles. The van der Waals surface area contributed by atoms with Crippen molar-refractivity contribution >= 4 is 5.78 Å². The van der Waals surface area contributed by atoms with Crippen LogP contribution in [0.3, 0.4) is 0 Å². The van der Waals surface area contributed by atoms with Gasteiger partial charge < -0.3 is 5.32 Å². The fourth-order valence-corrected chi connectivity index (χ4v) is 3.38. The summed E-state index contributed by atoms with van der Waals surface area (Å²) in [5.41, 5.74) is 3.17. The highest BCUT2D eigenvalue weighted by molar-refractivity contribution is 6.01. The van der Waals surface area contributed by atoms with E-state index in [1.807, 2.05) is 26.0 Å². The van der Waals surface area contributed by atoms with Crippen molar-refractivity contribution in [3.05, 3.63) is 34.9 Å². The van der Waals surface area contributed by atoms with E-state index in [2.05, 4.69) is 18.3 Å². The van der Waals surface area contributed by atoms with Gasteiger partial charge in [-0.2, -0.15) is 0 Å². The van der Waals surface area contributed by atoms with E-state index in [-0.39, 0.29) is 11.8 Å². The number of hydrogen-bond donors (Lipinski definition) is 1. The summed E-state index contributed by atoms with van der Waals surface area (Å²) in [7, 11) is 0. The van der Waals surface area contributed by atoms with Gasteiger partial charge in [0.15, 0.2) is 5.78 Å². The Bertz CT molecular complexity index is 472. The molecule has 1 N–H and O–H groups in total. The third kappa shape index (κ3) is 4.67. The van der Waals surface area contributed by atoms with Crippen LogP contribution in [-0.2, 0) is 0 Å². The maximum atomic E-state index is 12.6. The first-order valence-corrected chi connectivity index (χ1v) is 8.45. The van der Waals surface area contributed by atoms with Crippen LogP contribution in [-0.4, -0.2) is 17.9 Å². The predicted molar refractivity (Wildman–Crippen MR) is 89.0 cm³/mol. The summed E-state index contributed by atoms with van der Waals surface area (Å²) >= 11 is 0. The molecule has 1 fully saturated rings. The summed E-state index contributed by atoms with van der Waals surface area (Å²) in [6, 6.07) is 6.52. The Morgan fingerprint density at radius 3 is 2.33 bits per heavy atom. The Morgan fingerprint density at radius 2 is 1.71 bits per heavy atom. The molecule has 1 unspecified atom stereocenters. The average molecular weight is 287 g/mol. The lowest BCUT2D eigenvalue weighted by Gasteiger charge is -2.25. The van der Waals surface area contributed by atoms with Crippen molar-refractivity contribution in [3.63, 3.8) is 0 Å². The lowest BCUT2D eigenvalue weighted by molar-refractivity contribution is 0.0941. The van der Waals surface area contributed by atoms with Gasteiger partial charge in [0.1, 0.15) is 0 Å². The van der Waals surface area contributed by atoms with E-state index in [0.717, 1.165) is 11.1 Å². The minimum Gasteiger partial charge on any atom is -0.305 e. The van der Waals surface area contributed by atoms with E-state index in [9.17, 15) is 4.79 Å². The summed E-state index contributed by atoms with van der Waals surface area (Å²) in [5, 5.41) is 3.58. The highest BCUT2D eigenvalue weighted by Crippen LogP contribution is 2.19. The molecule has 2 heteroatoms. The van der Waals surface area contributed by atoms with E-state index in [1.165, 1.54) is 50.5 Å². The van der Waals surface area contributed by atoms with Crippen molar-refractivity contribution in [1.29, 1.82) is 0 Å². The van der Waals surface area contributed by atoms with E-state index in [4.69, 9.17) is 0 Å². The quantitative estimate of drug-likeness (QED) is 0.821. The zero-order chi connectivity index (χ0) is 15.2. The number of rotatable bonds is 4. The second kappa shape index (κ2) is 7.74. The molecule has 2 rings (SSSR count). The number of Topliss-reactive ketones (excluding diaryl/α,β-unsaturated/α-hetero) is 1. The van der Waals surface area contributed by atoms with E-state index >= 15 is 0 Å². The van der Waals surface area contributed by atoms with Crippen molar-refractivity contribution in [3.8, 4) is 0 Å². The normalized spacial score (nSPS) is 18.8. The number of nitrogens with one attached hydrogen (secondary N) is 1. The maximum Gasteiger partial charge on any atom is 0.179 e. The molecular formula is C19H29NO. The summed E-state index contributed by atoms with van der Waals surface area (Å²) in [6.45, 7) is 6.11. The smallest absolute Gasteiger partial charge is 0.179 e. The van der Waals surface area contributed by atoms with E-state index in [1.54, 1.807) is 0 Å². The van der Waals surface area contributed by atoms with Gasteiger partial charge in [0, 0.05) is 11.6 Å². The number of benzene rings is 1. The Balaban J connectivity index is 1.97. The Kier molecular flexibility index (Phi) is 5.98. The molecule has 21 heavy (non-hydrogen) atoms. The van der Waals surface area contributed by atoms with Crippen LogP contribution in [0, 0.1) is 13.8 Å². The van der Waals surface area contributed by atoms with Crippen molar-refractivity contribution in [1.82, 2.24) is 5.32 Å². The van der Waals surface area contributed by atoms with Gasteiger partial charge in [0.05, 0.1) is 6.04 Å². The number of ketones is 1. The Hall–Kier alpha value is -1.15. The molecule has 0 saturated heterocycles. The van der Waals surface area contributed by atoms with E-state index in [0.29, 0.717) is 6.04 Å². The van der Waals surface area contributed by atoms with Gasteiger partial charge in [-0.05, 0) is 39.2 Å². The molecule has 0 spiro atoms. The van der Waals surface area contributed by atoms with Crippen molar-refractivity contribution in [2.75, 3.05) is 0 Å². The Labute approximate surface area is 129 Å². The number of hydrogen-bond acceptors (Lipinski definition) is 2.